The largest absolute Gasteiger partial charge is 0.461 e. The Morgan fingerprint density at radius 1 is 1.23 bits per heavy atom. The number of anilines is 2. The average Bonchev–Trinajstić information content (AvgIpc) is 3.79. The van der Waals surface area contributed by atoms with Gasteiger partial charge in [-0.2, -0.15) is 15.2 Å². The van der Waals surface area contributed by atoms with Gasteiger partial charge in [0, 0.05) is 74.9 Å². The highest BCUT2D eigenvalue weighted by molar-refractivity contribution is 7.23. The van der Waals surface area contributed by atoms with Gasteiger partial charge in [0.2, 0.25) is 0 Å². The van der Waals surface area contributed by atoms with Crippen LogP contribution >= 0.6 is 11.3 Å². The van der Waals surface area contributed by atoms with E-state index in [9.17, 15) is 9.65 Å². The monoisotopic (exact) mass is 661 g/mol. The second-order valence-electron chi connectivity index (χ2n) is 14.2. The number of halogens is 2. The number of aromatic nitrogens is 2. The molecule has 13 heteroatoms. The van der Waals surface area contributed by atoms with Crippen LogP contribution in [0.15, 0.2) is 17.1 Å². The second-order valence-corrected chi connectivity index (χ2v) is 15.2. The molecule has 3 aromatic rings. The lowest BCUT2D eigenvalue weighted by molar-refractivity contribution is 0.107. The molecule has 47 heavy (non-hydrogen) atoms. The number of aliphatic imine (C=N–C) groups is 1. The second kappa shape index (κ2) is 11.8. The first kappa shape index (κ1) is 30.7. The first-order valence-electron chi connectivity index (χ1n) is 16.8. The smallest absolute Gasteiger partial charge is 0.318 e. The minimum absolute atomic E-state index is 0.0380. The van der Waals surface area contributed by atoms with Crippen LogP contribution in [-0.4, -0.2) is 103 Å². The van der Waals surface area contributed by atoms with E-state index in [1.54, 1.807) is 17.3 Å². The summed E-state index contributed by atoms with van der Waals surface area (Å²) in [6.07, 6.45) is 6.27. The molecule has 0 aliphatic carbocycles. The third-order valence-corrected chi connectivity index (χ3v) is 11.8. The molecule has 2 aromatic heterocycles. The first-order chi connectivity index (χ1) is 22.7. The third-order valence-electron chi connectivity index (χ3n) is 10.7. The number of rotatable bonds is 7. The Balaban J connectivity index is 1.18. The summed E-state index contributed by atoms with van der Waals surface area (Å²) in [6.45, 7) is 6.13. The molecule has 1 N–H and O–H groups in total. The van der Waals surface area contributed by atoms with Gasteiger partial charge in [0.1, 0.15) is 35.5 Å². The Morgan fingerprint density at radius 2 is 2.04 bits per heavy atom. The van der Waals surface area contributed by atoms with Crippen LogP contribution in [0, 0.1) is 17.1 Å². The summed E-state index contributed by atoms with van der Waals surface area (Å²) >= 11 is 1.20. The Hall–Kier alpha value is -3.60. The van der Waals surface area contributed by atoms with E-state index in [0.29, 0.717) is 71.3 Å². The fourth-order valence-corrected chi connectivity index (χ4v) is 9.59. The Kier molecular flexibility index (Phi) is 7.73. The maximum atomic E-state index is 15.3. The van der Waals surface area contributed by atoms with Crippen molar-refractivity contribution in [3.8, 4) is 12.1 Å². The number of hydrogen-bond acceptors (Lipinski definition) is 10. The lowest BCUT2D eigenvalue weighted by atomic mass is 9.95. The average molecular weight is 662 g/mol. The number of ether oxygens (including phenoxy) is 1. The van der Waals surface area contributed by atoms with Crippen molar-refractivity contribution in [1.29, 1.82) is 5.26 Å². The number of alkyl halides is 1. The molecular weight excluding hydrogens is 620 g/mol. The van der Waals surface area contributed by atoms with Crippen LogP contribution in [0.1, 0.15) is 55.8 Å². The minimum atomic E-state index is -0.831. The lowest BCUT2D eigenvalue weighted by Gasteiger charge is -2.40. The van der Waals surface area contributed by atoms with Crippen molar-refractivity contribution in [2.75, 3.05) is 56.7 Å². The molecule has 248 valence electrons. The van der Waals surface area contributed by atoms with E-state index < -0.39 is 6.17 Å². The molecule has 5 aliphatic heterocycles. The molecule has 7 heterocycles. The highest BCUT2D eigenvalue weighted by atomic mass is 32.1. The maximum absolute atomic E-state index is 15.3. The predicted octanol–water partition coefficient (Wildman–Crippen LogP) is 4.77. The van der Waals surface area contributed by atoms with Crippen LogP contribution in [0.5, 0.6) is 6.01 Å². The highest BCUT2D eigenvalue weighted by Crippen LogP contribution is 2.46. The number of thiophene rings is 1. The number of hydrogen-bond donors (Lipinski definition) is 1. The molecule has 2 bridgehead atoms. The summed E-state index contributed by atoms with van der Waals surface area (Å²) in [5.74, 6) is 0.571. The van der Waals surface area contributed by atoms with E-state index in [4.69, 9.17) is 14.7 Å². The molecule has 5 atom stereocenters. The summed E-state index contributed by atoms with van der Waals surface area (Å²) in [7, 11) is 3.71. The van der Waals surface area contributed by atoms with Gasteiger partial charge in [-0.25, -0.2) is 13.8 Å². The molecule has 1 unspecified atom stereocenters. The van der Waals surface area contributed by atoms with E-state index >= 15 is 4.39 Å². The third kappa shape index (κ3) is 5.38. The van der Waals surface area contributed by atoms with Crippen molar-refractivity contribution in [3.63, 3.8) is 0 Å². The van der Waals surface area contributed by atoms with Crippen molar-refractivity contribution in [1.82, 2.24) is 25.1 Å². The Morgan fingerprint density at radius 3 is 2.81 bits per heavy atom. The van der Waals surface area contributed by atoms with E-state index in [1.165, 1.54) is 17.4 Å². The summed E-state index contributed by atoms with van der Waals surface area (Å²) in [5.41, 5.74) is 2.87. The fraction of sp³-hybridized carbons (Fsp3) is 0.588. The number of nitrogens with zero attached hydrogens (tertiary/aromatic N) is 8. The van der Waals surface area contributed by atoms with Crippen molar-refractivity contribution in [2.24, 2.45) is 4.99 Å². The van der Waals surface area contributed by atoms with Gasteiger partial charge in [-0.15, -0.1) is 11.3 Å². The van der Waals surface area contributed by atoms with Gasteiger partial charge in [0.05, 0.1) is 34.4 Å². The SMILES string of the molecule is CC1Cc2c(nc(OC[C@@]34CCCN3C[C@H](F)C4)nc2N2C[C@H]3CC[C@@H](C2)N3)CN1c1ccc(F)c2sc(N=CN(C)C)c(C#N)c12. The molecule has 0 spiro atoms. The zero-order chi connectivity index (χ0) is 32.4. The number of benzene rings is 1. The fourth-order valence-electron chi connectivity index (χ4n) is 8.57. The molecule has 1 aromatic carbocycles. The van der Waals surface area contributed by atoms with Crippen molar-refractivity contribution in [3.05, 3.63) is 34.8 Å². The molecule has 5 aliphatic rings. The summed E-state index contributed by atoms with van der Waals surface area (Å²) in [5, 5.41) is 15.1. The quantitative estimate of drug-likeness (QED) is 0.284. The number of nitriles is 1. The predicted molar refractivity (Wildman–Crippen MR) is 180 cm³/mol. The molecule has 0 radical (unpaired) electrons. The summed E-state index contributed by atoms with van der Waals surface area (Å²) in [6, 6.07) is 6.83. The molecule has 0 amide bonds. The summed E-state index contributed by atoms with van der Waals surface area (Å²) < 4.78 is 36.7. The van der Waals surface area contributed by atoms with Crippen LogP contribution in [-0.2, 0) is 13.0 Å². The Labute approximate surface area is 278 Å². The van der Waals surface area contributed by atoms with E-state index in [-0.39, 0.29) is 17.4 Å². The van der Waals surface area contributed by atoms with Gasteiger partial charge in [0.25, 0.3) is 0 Å². The van der Waals surface area contributed by atoms with Crippen LogP contribution in [0.25, 0.3) is 10.1 Å². The van der Waals surface area contributed by atoms with Gasteiger partial charge >= 0.3 is 6.01 Å². The number of nitrogens with one attached hydrogen (secondary N) is 1. The molecule has 4 fully saturated rings. The number of fused-ring (bicyclic) bond motifs is 5. The van der Waals surface area contributed by atoms with Crippen LogP contribution in [0.3, 0.4) is 0 Å². The Bertz CT molecular complexity index is 1760. The lowest BCUT2D eigenvalue weighted by Crippen LogP contribution is -2.52. The molecule has 8 rings (SSSR count). The maximum Gasteiger partial charge on any atom is 0.318 e. The highest BCUT2D eigenvalue weighted by Gasteiger charge is 2.49. The molecule has 4 saturated heterocycles. The van der Waals surface area contributed by atoms with Gasteiger partial charge in [-0.05, 0) is 57.7 Å². The summed E-state index contributed by atoms with van der Waals surface area (Å²) in [4.78, 5) is 23.3. The zero-order valence-corrected chi connectivity index (χ0v) is 28.0. The van der Waals surface area contributed by atoms with Gasteiger partial charge in [-0.3, -0.25) is 4.90 Å². The van der Waals surface area contributed by atoms with Crippen LogP contribution < -0.4 is 19.9 Å². The topological polar surface area (TPSA) is 96.2 Å². The van der Waals surface area contributed by atoms with E-state index in [0.717, 1.165) is 68.1 Å². The van der Waals surface area contributed by atoms with Crippen molar-refractivity contribution >= 4 is 44.3 Å². The van der Waals surface area contributed by atoms with Crippen molar-refractivity contribution in [2.45, 2.75) is 81.8 Å². The molecule has 0 saturated carbocycles. The molecule has 10 nitrogen and oxygen atoms in total. The normalized spacial score (nSPS) is 28.7. The number of piperazine rings is 1. The van der Waals surface area contributed by atoms with Gasteiger partial charge in [0.15, 0.2) is 0 Å². The first-order valence-corrected chi connectivity index (χ1v) is 17.6. The van der Waals surface area contributed by atoms with Gasteiger partial charge in [-0.1, -0.05) is 0 Å². The van der Waals surface area contributed by atoms with Crippen molar-refractivity contribution < 1.29 is 13.5 Å². The van der Waals surface area contributed by atoms with Crippen LogP contribution in [0.4, 0.5) is 25.3 Å². The standard InChI is InChI=1S/C34H41F2N9OS/c1-20-11-24-27(17-45(20)28-8-7-26(36)30-29(28)25(13-37)32(47-30)38-19-42(2)3)40-33(41-31(24)43-15-22-5-6-23(16-43)39-22)46-18-34-9-4-10-44(34)14-21(35)12-34/h7-8,19-23,39H,4-6,9-12,14-18H2,1-3H3/t20?,21-,22-,23+,34+/m1/s1. The van der Waals surface area contributed by atoms with E-state index in [1.807, 2.05) is 14.1 Å². The van der Waals surface area contributed by atoms with E-state index in [2.05, 4.69) is 38.0 Å². The minimum Gasteiger partial charge on any atom is -0.461 e. The molecular formula is C34H41F2N9OS. The zero-order valence-electron chi connectivity index (χ0n) is 27.2. The van der Waals surface area contributed by atoms with Gasteiger partial charge < -0.3 is 24.8 Å². The van der Waals surface area contributed by atoms with Crippen LogP contribution in [0.2, 0.25) is 0 Å².